The Morgan fingerprint density at radius 2 is 1.67 bits per heavy atom. The van der Waals surface area contributed by atoms with E-state index < -0.39 is 5.54 Å². The van der Waals surface area contributed by atoms with Crippen LogP contribution in [0.15, 0.2) is 53.0 Å². The lowest BCUT2D eigenvalue weighted by Crippen LogP contribution is -2.57. The number of carbonyl (C=O) groups is 2. The molecule has 176 valence electrons. The molecule has 0 unspecified atom stereocenters. The SMILES string of the molecule is COCCN1C(=O)N(Cc2cccc(OC)c2)C(=O)C12CCN(Cc1cccc(Br)c1)CC2. The minimum Gasteiger partial charge on any atom is -0.497 e. The van der Waals surface area contributed by atoms with Crippen LogP contribution in [-0.2, 0) is 22.6 Å². The number of piperidine rings is 1. The smallest absolute Gasteiger partial charge is 0.328 e. The Kier molecular flexibility index (Phi) is 7.36. The Bertz CT molecular complexity index is 1010. The van der Waals surface area contributed by atoms with Crippen molar-refractivity contribution >= 4 is 27.9 Å². The van der Waals surface area contributed by atoms with Gasteiger partial charge in [0.1, 0.15) is 11.3 Å². The van der Waals surface area contributed by atoms with Crippen LogP contribution < -0.4 is 4.74 Å². The van der Waals surface area contributed by atoms with Gasteiger partial charge in [0.2, 0.25) is 0 Å². The molecule has 7 nitrogen and oxygen atoms in total. The summed E-state index contributed by atoms with van der Waals surface area (Å²) in [7, 11) is 3.22. The molecular formula is C25H30BrN3O4. The molecule has 2 heterocycles. The number of halogens is 1. The van der Waals surface area contributed by atoms with Crippen molar-refractivity contribution in [1.29, 1.82) is 0 Å². The van der Waals surface area contributed by atoms with E-state index in [9.17, 15) is 9.59 Å². The second-order valence-corrected chi connectivity index (χ2v) is 9.52. The van der Waals surface area contributed by atoms with Gasteiger partial charge in [-0.25, -0.2) is 4.79 Å². The van der Waals surface area contributed by atoms with Crippen LogP contribution in [-0.4, -0.2) is 72.6 Å². The van der Waals surface area contributed by atoms with Gasteiger partial charge in [-0.3, -0.25) is 14.6 Å². The highest BCUT2D eigenvalue weighted by Crippen LogP contribution is 2.38. The van der Waals surface area contributed by atoms with E-state index in [4.69, 9.17) is 9.47 Å². The fraction of sp³-hybridized carbons (Fsp3) is 0.440. The van der Waals surface area contributed by atoms with Crippen molar-refractivity contribution in [3.63, 3.8) is 0 Å². The van der Waals surface area contributed by atoms with Crippen molar-refractivity contribution in [3.8, 4) is 5.75 Å². The monoisotopic (exact) mass is 515 g/mol. The first kappa shape index (κ1) is 23.7. The maximum atomic E-state index is 13.7. The van der Waals surface area contributed by atoms with Crippen molar-refractivity contribution in [2.45, 2.75) is 31.5 Å². The average molecular weight is 516 g/mol. The van der Waals surface area contributed by atoms with E-state index in [-0.39, 0.29) is 18.5 Å². The Balaban J connectivity index is 1.51. The largest absolute Gasteiger partial charge is 0.497 e. The molecule has 2 aliphatic rings. The lowest BCUT2D eigenvalue weighted by atomic mass is 9.85. The number of benzene rings is 2. The van der Waals surface area contributed by atoms with Crippen LogP contribution in [0.1, 0.15) is 24.0 Å². The first-order valence-electron chi connectivity index (χ1n) is 11.2. The maximum Gasteiger partial charge on any atom is 0.328 e. The van der Waals surface area contributed by atoms with Gasteiger partial charge in [0.25, 0.3) is 5.91 Å². The fourth-order valence-electron chi connectivity index (χ4n) is 4.83. The first-order chi connectivity index (χ1) is 16.0. The van der Waals surface area contributed by atoms with E-state index in [1.54, 1.807) is 19.1 Å². The zero-order valence-electron chi connectivity index (χ0n) is 19.1. The second-order valence-electron chi connectivity index (χ2n) is 8.61. The molecule has 3 amide bonds. The number of amides is 3. The van der Waals surface area contributed by atoms with Crippen molar-refractivity contribution < 1.29 is 19.1 Å². The molecule has 2 saturated heterocycles. The van der Waals surface area contributed by atoms with Gasteiger partial charge in [0.05, 0.1) is 20.3 Å². The summed E-state index contributed by atoms with van der Waals surface area (Å²) in [5.41, 5.74) is 1.29. The molecule has 0 N–H and O–H groups in total. The van der Waals surface area contributed by atoms with Gasteiger partial charge in [-0.1, -0.05) is 40.2 Å². The Hall–Kier alpha value is -2.42. The van der Waals surface area contributed by atoms with Crippen LogP contribution in [0.4, 0.5) is 4.79 Å². The van der Waals surface area contributed by atoms with Crippen LogP contribution in [0, 0.1) is 0 Å². The fourth-order valence-corrected chi connectivity index (χ4v) is 5.27. The number of carbonyl (C=O) groups excluding carboxylic acids is 2. The Morgan fingerprint density at radius 1 is 0.970 bits per heavy atom. The van der Waals surface area contributed by atoms with Gasteiger partial charge in [-0.05, 0) is 48.2 Å². The van der Waals surface area contributed by atoms with Crippen molar-refractivity contribution in [2.75, 3.05) is 40.5 Å². The molecule has 0 radical (unpaired) electrons. The average Bonchev–Trinajstić information content (AvgIpc) is 3.00. The lowest BCUT2D eigenvalue weighted by molar-refractivity contribution is -0.136. The Labute approximate surface area is 203 Å². The number of ether oxygens (including phenoxy) is 2. The first-order valence-corrected chi connectivity index (χ1v) is 12.0. The molecule has 8 heteroatoms. The summed E-state index contributed by atoms with van der Waals surface area (Å²) >= 11 is 3.53. The molecule has 0 atom stereocenters. The summed E-state index contributed by atoms with van der Waals surface area (Å²) in [5.74, 6) is 0.604. The zero-order valence-corrected chi connectivity index (χ0v) is 20.7. The zero-order chi connectivity index (χ0) is 23.4. The van der Waals surface area contributed by atoms with E-state index in [0.717, 1.165) is 29.7 Å². The highest BCUT2D eigenvalue weighted by molar-refractivity contribution is 9.10. The van der Waals surface area contributed by atoms with Gasteiger partial charge in [0.15, 0.2) is 0 Å². The highest BCUT2D eigenvalue weighted by atomic mass is 79.9. The molecule has 1 spiro atoms. The number of rotatable bonds is 8. The topological polar surface area (TPSA) is 62.3 Å². The van der Waals surface area contributed by atoms with E-state index in [1.165, 1.54) is 10.5 Å². The molecule has 0 saturated carbocycles. The molecule has 0 bridgehead atoms. The van der Waals surface area contributed by atoms with E-state index >= 15 is 0 Å². The third kappa shape index (κ3) is 4.93. The predicted octanol–water partition coefficient (Wildman–Crippen LogP) is 3.90. The summed E-state index contributed by atoms with van der Waals surface area (Å²) in [6, 6.07) is 15.5. The van der Waals surface area contributed by atoms with E-state index in [2.05, 4.69) is 33.0 Å². The number of likely N-dealkylation sites (tertiary alicyclic amines) is 1. The molecule has 33 heavy (non-hydrogen) atoms. The summed E-state index contributed by atoms with van der Waals surface area (Å²) in [6.07, 6.45) is 1.23. The molecule has 0 aliphatic carbocycles. The maximum absolute atomic E-state index is 13.7. The van der Waals surface area contributed by atoms with Gasteiger partial charge in [-0.2, -0.15) is 0 Å². The van der Waals surface area contributed by atoms with Crippen LogP contribution in [0.2, 0.25) is 0 Å². The molecule has 2 fully saturated rings. The molecule has 2 aromatic carbocycles. The minimum atomic E-state index is -0.803. The molecule has 2 aromatic rings. The van der Waals surface area contributed by atoms with Gasteiger partial charge in [-0.15, -0.1) is 0 Å². The number of hydrogen-bond acceptors (Lipinski definition) is 5. The molecular weight excluding hydrogens is 486 g/mol. The third-order valence-corrected chi connectivity index (χ3v) is 7.09. The third-order valence-electron chi connectivity index (χ3n) is 6.59. The van der Waals surface area contributed by atoms with E-state index in [0.29, 0.717) is 31.7 Å². The van der Waals surface area contributed by atoms with Crippen LogP contribution >= 0.6 is 15.9 Å². The summed E-state index contributed by atoms with van der Waals surface area (Å²) < 4.78 is 11.6. The number of methoxy groups -OCH3 is 2. The number of imide groups is 1. The number of nitrogens with zero attached hydrogens (tertiary/aromatic N) is 3. The molecule has 4 rings (SSSR count). The molecule has 0 aromatic heterocycles. The van der Waals surface area contributed by atoms with Gasteiger partial charge < -0.3 is 14.4 Å². The molecule has 2 aliphatic heterocycles. The summed E-state index contributed by atoms with van der Waals surface area (Å²) in [4.78, 5) is 32.6. The van der Waals surface area contributed by atoms with Gasteiger partial charge >= 0.3 is 6.03 Å². The van der Waals surface area contributed by atoms with Crippen molar-refractivity contribution in [2.24, 2.45) is 0 Å². The lowest BCUT2D eigenvalue weighted by Gasteiger charge is -2.42. The van der Waals surface area contributed by atoms with Crippen molar-refractivity contribution in [3.05, 3.63) is 64.1 Å². The number of hydrogen-bond donors (Lipinski definition) is 0. The number of urea groups is 1. The predicted molar refractivity (Wildman–Crippen MR) is 129 cm³/mol. The van der Waals surface area contributed by atoms with Crippen LogP contribution in [0.25, 0.3) is 0 Å². The normalized spacial score (nSPS) is 18.4. The van der Waals surface area contributed by atoms with Gasteiger partial charge in [0, 0.05) is 37.8 Å². The minimum absolute atomic E-state index is 0.103. The highest BCUT2D eigenvalue weighted by Gasteiger charge is 2.57. The van der Waals surface area contributed by atoms with E-state index in [1.807, 2.05) is 36.4 Å². The quantitative estimate of drug-likeness (QED) is 0.499. The Morgan fingerprint density at radius 3 is 2.33 bits per heavy atom. The summed E-state index contributed by atoms with van der Waals surface area (Å²) in [6.45, 7) is 3.37. The van der Waals surface area contributed by atoms with Crippen LogP contribution in [0.5, 0.6) is 5.75 Å². The standard InChI is InChI=1S/C25H30BrN3O4/c1-32-14-13-29-24(31)28(18-20-6-4-8-22(16-20)33-2)23(30)25(29)9-11-27(12-10-25)17-19-5-3-7-21(26)15-19/h3-8,15-16H,9-14,17-18H2,1-2H3. The van der Waals surface area contributed by atoms with Crippen LogP contribution in [0.3, 0.4) is 0 Å². The second kappa shape index (κ2) is 10.2. The summed E-state index contributed by atoms with van der Waals surface area (Å²) in [5, 5.41) is 0. The van der Waals surface area contributed by atoms with Crippen molar-refractivity contribution in [1.82, 2.24) is 14.7 Å².